The molecule has 3 atom stereocenters. The minimum atomic E-state index is -1.94. The average molecular weight is 480 g/mol. The molecule has 7 nitrogen and oxygen atoms in total. The summed E-state index contributed by atoms with van der Waals surface area (Å²) in [5, 5.41) is 15.6. The van der Waals surface area contributed by atoms with Crippen LogP contribution >= 0.6 is 0 Å². The summed E-state index contributed by atoms with van der Waals surface area (Å²) in [6.45, 7) is 9.18. The van der Waals surface area contributed by atoms with Crippen LogP contribution in [0.1, 0.15) is 70.9 Å². The molecule has 0 radical (unpaired) electrons. The molecule has 3 N–H and O–H groups in total. The summed E-state index contributed by atoms with van der Waals surface area (Å²) in [6, 6.07) is 2.39. The number of rotatable bonds is 7. The Bertz CT molecular complexity index is 956. The zero-order chi connectivity index (χ0) is 25.4. The zero-order valence-corrected chi connectivity index (χ0v) is 20.5. The zero-order valence-electron chi connectivity index (χ0n) is 20.5. The van der Waals surface area contributed by atoms with Crippen molar-refractivity contribution in [2.45, 2.75) is 90.2 Å². The number of alkyl halides is 1. The van der Waals surface area contributed by atoms with Crippen molar-refractivity contribution >= 4 is 17.7 Å². The van der Waals surface area contributed by atoms with E-state index in [1.807, 2.05) is 13.8 Å². The fraction of sp³-hybridized carbons (Fsp3) is 0.640. The number of amides is 3. The van der Waals surface area contributed by atoms with Gasteiger partial charge in [-0.3, -0.25) is 14.4 Å². The van der Waals surface area contributed by atoms with E-state index in [1.54, 1.807) is 26.8 Å². The third-order valence-electron chi connectivity index (χ3n) is 6.53. The normalized spacial score (nSPS) is 22.4. The largest absolute Gasteiger partial charge is 0.391 e. The van der Waals surface area contributed by atoms with Crippen LogP contribution in [-0.2, 0) is 20.9 Å². The Kier molecular flexibility index (Phi) is 7.36. The van der Waals surface area contributed by atoms with Crippen LogP contribution in [0.4, 0.5) is 8.78 Å². The first-order valence-electron chi connectivity index (χ1n) is 11.8. The van der Waals surface area contributed by atoms with E-state index in [9.17, 15) is 28.3 Å². The highest BCUT2D eigenvalue weighted by molar-refractivity contribution is 5.95. The molecule has 3 rings (SSSR count). The number of carbonyl (C=O) groups is 3. The summed E-state index contributed by atoms with van der Waals surface area (Å²) < 4.78 is 27.9. The highest BCUT2D eigenvalue weighted by Gasteiger charge is 2.53. The van der Waals surface area contributed by atoms with E-state index in [2.05, 4.69) is 10.6 Å². The summed E-state index contributed by atoms with van der Waals surface area (Å²) in [7, 11) is 0. The highest BCUT2D eigenvalue weighted by Crippen LogP contribution is 2.40. The molecule has 0 unspecified atom stereocenters. The first kappa shape index (κ1) is 26.1. The van der Waals surface area contributed by atoms with Crippen LogP contribution < -0.4 is 10.6 Å². The molecule has 1 aromatic rings. The number of likely N-dealkylation sites (tertiary alicyclic amines) is 1. The SMILES string of the molecule is CC(C)c1cc(F)ccc1CNC(=O)[C@@H]1C[C@@H](O)CN1C(=O)[C@@H](NC(=O)C1(F)CC1)C(C)(C)C. The Morgan fingerprint density at radius 1 is 1.24 bits per heavy atom. The number of aliphatic hydroxyl groups excluding tert-OH is 1. The summed E-state index contributed by atoms with van der Waals surface area (Å²) >= 11 is 0. The van der Waals surface area contributed by atoms with Gasteiger partial charge in [-0.1, -0.05) is 40.7 Å². The van der Waals surface area contributed by atoms with Crippen molar-refractivity contribution < 1.29 is 28.3 Å². The summed E-state index contributed by atoms with van der Waals surface area (Å²) in [6.07, 6.45) is -0.599. The second-order valence-electron chi connectivity index (χ2n) is 10.8. The molecule has 0 bridgehead atoms. The standard InChI is InChI=1S/C25H35F2N3O4/c1-14(2)18-10-16(26)7-6-15(18)12-28-21(32)19-11-17(31)13-30(19)22(33)20(24(3,4)5)29-23(34)25(27)8-9-25/h6-7,10,14,17,19-20,31H,8-9,11-13H2,1-5H3,(H,28,32)(H,29,34)/t17-,19+,20-/m1/s1. The molecule has 1 saturated carbocycles. The smallest absolute Gasteiger partial charge is 0.258 e. The maximum absolute atomic E-state index is 14.3. The first-order chi connectivity index (χ1) is 15.7. The van der Waals surface area contributed by atoms with Gasteiger partial charge in [-0.15, -0.1) is 0 Å². The molecule has 9 heteroatoms. The van der Waals surface area contributed by atoms with Crippen molar-refractivity contribution in [1.29, 1.82) is 0 Å². The van der Waals surface area contributed by atoms with Crippen LogP contribution in [0.15, 0.2) is 18.2 Å². The molecular weight excluding hydrogens is 444 g/mol. The highest BCUT2D eigenvalue weighted by atomic mass is 19.1. The van der Waals surface area contributed by atoms with Gasteiger partial charge in [-0.05, 0) is 47.4 Å². The predicted molar refractivity (Wildman–Crippen MR) is 123 cm³/mol. The number of halogens is 2. The van der Waals surface area contributed by atoms with Crippen LogP contribution in [0.5, 0.6) is 0 Å². The molecule has 0 spiro atoms. The molecule has 188 valence electrons. The van der Waals surface area contributed by atoms with Crippen molar-refractivity contribution in [2.24, 2.45) is 5.41 Å². The van der Waals surface area contributed by atoms with Gasteiger partial charge in [0.2, 0.25) is 11.8 Å². The van der Waals surface area contributed by atoms with Crippen molar-refractivity contribution in [1.82, 2.24) is 15.5 Å². The number of β-amino-alcohol motifs (C(OH)–C–C–N with tert-alkyl or cyclic N) is 1. The van der Waals surface area contributed by atoms with Gasteiger partial charge in [0.1, 0.15) is 17.9 Å². The predicted octanol–water partition coefficient (Wildman–Crippen LogP) is 2.56. The molecule has 0 aromatic heterocycles. The van der Waals surface area contributed by atoms with E-state index in [0.717, 1.165) is 11.1 Å². The molecule has 1 aliphatic heterocycles. The van der Waals surface area contributed by atoms with E-state index in [4.69, 9.17) is 0 Å². The van der Waals surface area contributed by atoms with Gasteiger partial charge in [0, 0.05) is 19.5 Å². The molecule has 2 fully saturated rings. The molecular formula is C25H35F2N3O4. The second-order valence-corrected chi connectivity index (χ2v) is 10.8. The van der Waals surface area contributed by atoms with Crippen molar-refractivity contribution in [3.8, 4) is 0 Å². The first-order valence-corrected chi connectivity index (χ1v) is 11.8. The monoisotopic (exact) mass is 479 g/mol. The number of carbonyl (C=O) groups excluding carboxylic acids is 3. The lowest BCUT2D eigenvalue weighted by atomic mass is 9.85. The minimum Gasteiger partial charge on any atom is -0.391 e. The lowest BCUT2D eigenvalue weighted by Crippen LogP contribution is -2.59. The van der Waals surface area contributed by atoms with Gasteiger partial charge in [0.05, 0.1) is 6.10 Å². The molecule has 2 aliphatic rings. The third kappa shape index (κ3) is 5.74. The van der Waals surface area contributed by atoms with Crippen molar-refractivity contribution in [2.75, 3.05) is 6.54 Å². The molecule has 3 amide bonds. The van der Waals surface area contributed by atoms with Gasteiger partial charge in [-0.2, -0.15) is 0 Å². The fourth-order valence-electron chi connectivity index (χ4n) is 4.28. The summed E-state index contributed by atoms with van der Waals surface area (Å²) in [5.74, 6) is -2.11. The quantitative estimate of drug-likeness (QED) is 0.560. The molecule has 1 aromatic carbocycles. The Hall–Kier alpha value is -2.55. The van der Waals surface area contributed by atoms with Crippen LogP contribution in [0, 0.1) is 11.2 Å². The number of hydrogen-bond acceptors (Lipinski definition) is 4. The topological polar surface area (TPSA) is 98.7 Å². The Morgan fingerprint density at radius 3 is 2.44 bits per heavy atom. The average Bonchev–Trinajstić information content (AvgIpc) is 3.38. The van der Waals surface area contributed by atoms with Crippen molar-refractivity contribution in [3.63, 3.8) is 0 Å². The van der Waals surface area contributed by atoms with Gasteiger partial charge >= 0.3 is 0 Å². The van der Waals surface area contributed by atoms with Gasteiger partial charge in [-0.25, -0.2) is 8.78 Å². The van der Waals surface area contributed by atoms with Gasteiger partial charge in [0.15, 0.2) is 5.67 Å². The van der Waals surface area contributed by atoms with Gasteiger partial charge < -0.3 is 20.6 Å². The minimum absolute atomic E-state index is 0.0513. The van der Waals surface area contributed by atoms with E-state index >= 15 is 0 Å². The molecule has 34 heavy (non-hydrogen) atoms. The number of nitrogens with one attached hydrogen (secondary N) is 2. The van der Waals surface area contributed by atoms with Crippen LogP contribution in [0.3, 0.4) is 0 Å². The molecule has 1 saturated heterocycles. The Balaban J connectivity index is 1.74. The second kappa shape index (κ2) is 9.60. The van der Waals surface area contributed by atoms with E-state index < -0.39 is 47.0 Å². The third-order valence-corrected chi connectivity index (χ3v) is 6.53. The summed E-state index contributed by atoms with van der Waals surface area (Å²) in [5.41, 5.74) is -1.14. The van der Waals surface area contributed by atoms with Gasteiger partial charge in [0.25, 0.3) is 5.91 Å². The summed E-state index contributed by atoms with van der Waals surface area (Å²) in [4.78, 5) is 40.1. The number of nitrogens with zero attached hydrogens (tertiary/aromatic N) is 1. The van der Waals surface area contributed by atoms with E-state index in [1.165, 1.54) is 17.0 Å². The maximum atomic E-state index is 14.3. The van der Waals surface area contributed by atoms with Crippen LogP contribution in [0.2, 0.25) is 0 Å². The maximum Gasteiger partial charge on any atom is 0.258 e. The van der Waals surface area contributed by atoms with Crippen LogP contribution in [0.25, 0.3) is 0 Å². The lowest BCUT2D eigenvalue weighted by Gasteiger charge is -2.35. The number of hydrogen-bond donors (Lipinski definition) is 3. The van der Waals surface area contributed by atoms with E-state index in [-0.39, 0.29) is 44.1 Å². The van der Waals surface area contributed by atoms with E-state index in [0.29, 0.717) is 0 Å². The Morgan fingerprint density at radius 2 is 1.88 bits per heavy atom. The fourth-order valence-corrected chi connectivity index (χ4v) is 4.28. The molecule has 1 aliphatic carbocycles. The number of aliphatic hydroxyl groups is 1. The Labute approximate surface area is 199 Å². The number of benzene rings is 1. The lowest BCUT2D eigenvalue weighted by molar-refractivity contribution is -0.145. The van der Waals surface area contributed by atoms with Crippen LogP contribution in [-0.4, -0.2) is 58.1 Å². The van der Waals surface area contributed by atoms with Crippen molar-refractivity contribution in [3.05, 3.63) is 35.1 Å². The molecule has 1 heterocycles.